The van der Waals surface area contributed by atoms with Gasteiger partial charge in [-0.1, -0.05) is 19.4 Å². The van der Waals surface area contributed by atoms with Crippen LogP contribution in [0.15, 0.2) is 11.6 Å². The first-order valence-electron chi connectivity index (χ1n) is 3.72. The average Bonchev–Trinajstić information content (AvgIpc) is 1.85. The predicted octanol–water partition coefficient (Wildman–Crippen LogP) is 2.89. The monoisotopic (exact) mass is 137 g/mol. The summed E-state index contributed by atoms with van der Waals surface area (Å²) >= 11 is 0. The maximum Gasteiger partial charge on any atom is 0.0911 e. The van der Waals surface area contributed by atoms with Gasteiger partial charge in [0, 0.05) is 6.08 Å². The molecule has 56 valence electrons. The number of hydrogen-bond acceptors (Lipinski definition) is 1. The van der Waals surface area contributed by atoms with E-state index in [0.717, 1.165) is 12.3 Å². The van der Waals surface area contributed by atoms with Gasteiger partial charge >= 0.3 is 0 Å². The van der Waals surface area contributed by atoms with Gasteiger partial charge in [0.25, 0.3) is 0 Å². The molecule has 0 aromatic carbocycles. The highest BCUT2D eigenvalue weighted by Gasteiger charge is 1.93. The summed E-state index contributed by atoms with van der Waals surface area (Å²) in [4.78, 5) is 0. The second-order valence-corrected chi connectivity index (χ2v) is 3.05. The molecule has 0 aliphatic heterocycles. The number of rotatable bonds is 3. The van der Waals surface area contributed by atoms with Crippen molar-refractivity contribution in [3.05, 3.63) is 11.6 Å². The maximum absolute atomic E-state index is 8.28. The fraction of sp³-hybridized carbons (Fsp3) is 0.667. The van der Waals surface area contributed by atoms with Crippen molar-refractivity contribution in [3.63, 3.8) is 0 Å². The molecule has 0 atom stereocenters. The molecular formula is C9H15N. The largest absolute Gasteiger partial charge is 0.193 e. The summed E-state index contributed by atoms with van der Waals surface area (Å²) in [6.45, 7) is 6.39. The van der Waals surface area contributed by atoms with Crippen LogP contribution in [-0.4, -0.2) is 0 Å². The minimum atomic E-state index is 0.738. The summed E-state index contributed by atoms with van der Waals surface area (Å²) in [5.74, 6) is 0.738. The van der Waals surface area contributed by atoms with Crippen LogP contribution in [0.25, 0.3) is 0 Å². The van der Waals surface area contributed by atoms with E-state index in [0.29, 0.717) is 0 Å². The highest BCUT2D eigenvalue weighted by Crippen LogP contribution is 2.09. The third kappa shape index (κ3) is 5.37. The highest BCUT2D eigenvalue weighted by atomic mass is 14.2. The lowest BCUT2D eigenvalue weighted by atomic mass is 10.0. The Morgan fingerprint density at radius 3 is 2.60 bits per heavy atom. The lowest BCUT2D eigenvalue weighted by molar-refractivity contribution is 0.585. The number of nitrogens with zero attached hydrogens (tertiary/aromatic N) is 1. The molecule has 10 heavy (non-hydrogen) atoms. The lowest BCUT2D eigenvalue weighted by Crippen LogP contribution is -1.87. The van der Waals surface area contributed by atoms with Crippen molar-refractivity contribution in [2.75, 3.05) is 0 Å². The number of nitriles is 1. The standard InChI is InChI=1S/C9H15N/c1-8(2)4-5-9(3)6-7-10/h6,8H,4-5H2,1-3H3. The first kappa shape index (κ1) is 9.23. The van der Waals surface area contributed by atoms with Crippen LogP contribution >= 0.6 is 0 Å². The second kappa shape index (κ2) is 5.05. The van der Waals surface area contributed by atoms with Gasteiger partial charge in [-0.2, -0.15) is 5.26 Å². The molecule has 0 spiro atoms. The van der Waals surface area contributed by atoms with Crippen LogP contribution in [0.1, 0.15) is 33.6 Å². The Labute approximate surface area is 63.4 Å². The molecule has 0 radical (unpaired) electrons. The van der Waals surface area contributed by atoms with E-state index < -0.39 is 0 Å². The molecule has 1 heteroatoms. The van der Waals surface area contributed by atoms with Gasteiger partial charge in [0.15, 0.2) is 0 Å². The summed E-state index contributed by atoms with van der Waals surface area (Å²) in [5, 5.41) is 8.28. The zero-order valence-electron chi connectivity index (χ0n) is 7.02. The van der Waals surface area contributed by atoms with E-state index in [1.54, 1.807) is 6.08 Å². The lowest BCUT2D eigenvalue weighted by Gasteiger charge is -2.02. The van der Waals surface area contributed by atoms with Gasteiger partial charge in [-0.3, -0.25) is 0 Å². The SMILES string of the molecule is CC(=CC#N)CCC(C)C. The molecule has 1 nitrogen and oxygen atoms in total. The van der Waals surface area contributed by atoms with Crippen molar-refractivity contribution in [3.8, 4) is 6.07 Å². The smallest absolute Gasteiger partial charge is 0.0911 e. The Bertz CT molecular complexity index is 149. The molecule has 0 saturated heterocycles. The van der Waals surface area contributed by atoms with E-state index in [2.05, 4.69) is 13.8 Å². The number of hydrogen-bond donors (Lipinski definition) is 0. The van der Waals surface area contributed by atoms with Gasteiger partial charge in [0.05, 0.1) is 6.07 Å². The summed E-state index contributed by atoms with van der Waals surface area (Å²) in [5.41, 5.74) is 1.19. The third-order valence-electron chi connectivity index (χ3n) is 1.43. The fourth-order valence-corrected chi connectivity index (χ4v) is 0.699. The van der Waals surface area contributed by atoms with Gasteiger partial charge in [-0.05, 0) is 25.7 Å². The van der Waals surface area contributed by atoms with Gasteiger partial charge in [0.1, 0.15) is 0 Å². The molecular weight excluding hydrogens is 122 g/mol. The zero-order valence-corrected chi connectivity index (χ0v) is 7.02. The zero-order chi connectivity index (χ0) is 7.98. The Balaban J connectivity index is 3.51. The van der Waals surface area contributed by atoms with E-state index in [4.69, 9.17) is 5.26 Å². The maximum atomic E-state index is 8.28. The molecule has 0 aliphatic rings. The first-order chi connectivity index (χ1) is 4.66. The first-order valence-corrected chi connectivity index (χ1v) is 3.72. The summed E-state index contributed by atoms with van der Waals surface area (Å²) < 4.78 is 0. The summed E-state index contributed by atoms with van der Waals surface area (Å²) in [7, 11) is 0. The van der Waals surface area contributed by atoms with Crippen LogP contribution in [0.3, 0.4) is 0 Å². The summed E-state index contributed by atoms with van der Waals surface area (Å²) in [6.07, 6.45) is 3.87. The molecule has 0 N–H and O–H groups in total. The minimum absolute atomic E-state index is 0.738. The van der Waals surface area contributed by atoms with Gasteiger partial charge in [0.2, 0.25) is 0 Å². The fourth-order valence-electron chi connectivity index (χ4n) is 0.699. The van der Waals surface area contributed by atoms with Gasteiger partial charge < -0.3 is 0 Å². The van der Waals surface area contributed by atoms with Crippen LogP contribution in [0.2, 0.25) is 0 Å². The van der Waals surface area contributed by atoms with E-state index >= 15 is 0 Å². The normalized spacial score (nSPS) is 11.7. The Morgan fingerprint density at radius 2 is 2.20 bits per heavy atom. The van der Waals surface area contributed by atoms with Crippen LogP contribution in [-0.2, 0) is 0 Å². The van der Waals surface area contributed by atoms with Crippen molar-refractivity contribution in [1.29, 1.82) is 5.26 Å². The molecule has 0 amide bonds. The van der Waals surface area contributed by atoms with E-state index in [1.165, 1.54) is 12.0 Å². The topological polar surface area (TPSA) is 23.8 Å². The molecule has 0 bridgehead atoms. The summed E-state index contributed by atoms with van der Waals surface area (Å²) in [6, 6.07) is 2.03. The van der Waals surface area contributed by atoms with Crippen molar-refractivity contribution in [1.82, 2.24) is 0 Å². The molecule has 0 fully saturated rings. The van der Waals surface area contributed by atoms with E-state index in [1.807, 2.05) is 13.0 Å². The second-order valence-electron chi connectivity index (χ2n) is 3.05. The molecule has 0 aliphatic carbocycles. The average molecular weight is 137 g/mol. The molecule has 0 aromatic heterocycles. The van der Waals surface area contributed by atoms with Gasteiger partial charge in [-0.15, -0.1) is 0 Å². The molecule has 0 aromatic rings. The molecule has 0 unspecified atom stereocenters. The van der Waals surface area contributed by atoms with Gasteiger partial charge in [-0.25, -0.2) is 0 Å². The quantitative estimate of drug-likeness (QED) is 0.549. The van der Waals surface area contributed by atoms with Crippen molar-refractivity contribution in [2.24, 2.45) is 5.92 Å². The van der Waals surface area contributed by atoms with Crippen LogP contribution < -0.4 is 0 Å². The van der Waals surface area contributed by atoms with Crippen LogP contribution in [0.4, 0.5) is 0 Å². The van der Waals surface area contributed by atoms with Crippen LogP contribution in [0, 0.1) is 17.2 Å². The van der Waals surface area contributed by atoms with E-state index in [-0.39, 0.29) is 0 Å². The van der Waals surface area contributed by atoms with Crippen molar-refractivity contribution in [2.45, 2.75) is 33.6 Å². The predicted molar refractivity (Wildman–Crippen MR) is 43.4 cm³/mol. The molecule has 0 rings (SSSR count). The van der Waals surface area contributed by atoms with Crippen molar-refractivity contribution < 1.29 is 0 Å². The molecule has 0 saturated carbocycles. The van der Waals surface area contributed by atoms with E-state index in [9.17, 15) is 0 Å². The molecule has 0 heterocycles. The Kier molecular flexibility index (Phi) is 4.66. The highest BCUT2D eigenvalue weighted by molar-refractivity contribution is 5.10. The van der Waals surface area contributed by atoms with Crippen molar-refractivity contribution >= 4 is 0 Å². The van der Waals surface area contributed by atoms with Crippen LogP contribution in [0.5, 0.6) is 0 Å². The Morgan fingerprint density at radius 1 is 1.60 bits per heavy atom. The third-order valence-corrected chi connectivity index (χ3v) is 1.43. The Hall–Kier alpha value is -0.770. The number of allylic oxidation sites excluding steroid dienone is 2. The minimum Gasteiger partial charge on any atom is -0.193 e.